The minimum absolute atomic E-state index is 0.000772. The van der Waals surface area contributed by atoms with Gasteiger partial charge in [0.15, 0.2) is 0 Å². The molecule has 0 aromatic heterocycles. The molecule has 0 aliphatic carbocycles. The fourth-order valence-electron chi connectivity index (χ4n) is 0.341. The Labute approximate surface area is 57.5 Å². The van der Waals surface area contributed by atoms with E-state index >= 15 is 0 Å². The lowest BCUT2D eigenvalue weighted by Crippen LogP contribution is -2.00. The van der Waals surface area contributed by atoms with E-state index in [-0.39, 0.29) is 6.10 Å². The van der Waals surface area contributed by atoms with E-state index in [1.54, 1.807) is 0 Å². The van der Waals surface area contributed by atoms with Gasteiger partial charge in [-0.2, -0.15) is 4.21 Å². The van der Waals surface area contributed by atoms with Crippen LogP contribution < -0.4 is 0 Å². The lowest BCUT2D eigenvalue weighted by molar-refractivity contribution is 0.262. The van der Waals surface area contributed by atoms with E-state index in [9.17, 15) is 4.21 Å². The van der Waals surface area contributed by atoms with Crippen LogP contribution in [0.15, 0.2) is 13.2 Å². The third kappa shape index (κ3) is 3.40. The van der Waals surface area contributed by atoms with Crippen LogP contribution in [-0.2, 0) is 19.7 Å². The second-order valence-corrected chi connectivity index (χ2v) is 2.23. The zero-order valence-corrected chi connectivity index (χ0v) is 6.15. The number of rotatable bonds is 0. The van der Waals surface area contributed by atoms with Crippen LogP contribution in [0.2, 0.25) is 0 Å². The highest BCUT2D eigenvalue weighted by molar-refractivity contribution is 7.75. The molecular formula is C5H10O3S. The van der Waals surface area contributed by atoms with E-state index in [2.05, 4.69) is 21.5 Å². The van der Waals surface area contributed by atoms with Crippen molar-refractivity contribution in [3.63, 3.8) is 0 Å². The summed E-state index contributed by atoms with van der Waals surface area (Å²) < 4.78 is 19.2. The zero-order valence-electron chi connectivity index (χ0n) is 5.33. The molecule has 4 heteroatoms. The number of hydrogen-bond acceptors (Lipinski definition) is 3. The van der Waals surface area contributed by atoms with Gasteiger partial charge in [-0.25, -0.2) is 0 Å². The van der Waals surface area contributed by atoms with E-state index in [1.807, 2.05) is 6.92 Å². The lowest BCUT2D eigenvalue weighted by atomic mass is 10.5. The summed E-state index contributed by atoms with van der Waals surface area (Å²) >= 11 is -1.45. The fourth-order valence-corrected chi connectivity index (χ4v) is 1.02. The van der Waals surface area contributed by atoms with Gasteiger partial charge in [0.25, 0.3) is 0 Å². The van der Waals surface area contributed by atoms with Crippen molar-refractivity contribution >= 4 is 11.4 Å². The highest BCUT2D eigenvalue weighted by Crippen LogP contribution is 2.05. The maximum absolute atomic E-state index is 10.1. The molecule has 0 radical (unpaired) electrons. The van der Waals surface area contributed by atoms with Crippen LogP contribution in [0.25, 0.3) is 0 Å². The van der Waals surface area contributed by atoms with Gasteiger partial charge in [0, 0.05) is 0 Å². The van der Waals surface area contributed by atoms with Crippen molar-refractivity contribution in [2.75, 3.05) is 6.61 Å². The van der Waals surface area contributed by atoms with Crippen molar-refractivity contribution in [2.24, 2.45) is 0 Å². The van der Waals surface area contributed by atoms with Gasteiger partial charge in [0.05, 0.1) is 12.7 Å². The predicted molar refractivity (Wildman–Crippen MR) is 35.9 cm³/mol. The second kappa shape index (κ2) is 4.67. The van der Waals surface area contributed by atoms with Gasteiger partial charge in [0.1, 0.15) is 0 Å². The molecule has 1 aliphatic heterocycles. The van der Waals surface area contributed by atoms with Crippen LogP contribution in [0.4, 0.5) is 0 Å². The minimum Gasteiger partial charge on any atom is -0.266 e. The maximum atomic E-state index is 10.1. The fraction of sp³-hybridized carbons (Fsp3) is 0.600. The third-order valence-electron chi connectivity index (χ3n) is 0.642. The van der Waals surface area contributed by atoms with E-state index in [1.165, 1.54) is 0 Å². The summed E-state index contributed by atoms with van der Waals surface area (Å²) in [7, 11) is 0. The Bertz CT molecular complexity index is 104. The first-order valence-corrected chi connectivity index (χ1v) is 3.51. The molecule has 0 N–H and O–H groups in total. The van der Waals surface area contributed by atoms with Crippen LogP contribution in [0.5, 0.6) is 0 Å². The number of hydrogen-bond donors (Lipinski definition) is 0. The van der Waals surface area contributed by atoms with E-state index < -0.39 is 11.4 Å². The second-order valence-electron chi connectivity index (χ2n) is 1.40. The van der Waals surface area contributed by atoms with Crippen LogP contribution in [0.3, 0.4) is 0 Å². The smallest absolute Gasteiger partial charge is 0.266 e. The highest BCUT2D eigenvalue weighted by atomic mass is 32.2. The summed E-state index contributed by atoms with van der Waals surface area (Å²) in [5, 5.41) is 0. The Morgan fingerprint density at radius 1 is 1.67 bits per heavy atom. The van der Waals surface area contributed by atoms with Crippen LogP contribution >= 0.6 is 0 Å². The molecule has 0 amide bonds. The molecule has 2 unspecified atom stereocenters. The molecule has 2 atom stereocenters. The molecule has 1 heterocycles. The van der Waals surface area contributed by atoms with Crippen molar-refractivity contribution in [2.45, 2.75) is 13.0 Å². The molecule has 0 aromatic rings. The zero-order chi connectivity index (χ0) is 7.28. The van der Waals surface area contributed by atoms with Crippen molar-refractivity contribution in [1.82, 2.24) is 0 Å². The average Bonchev–Trinajstić information content (AvgIpc) is 2.20. The third-order valence-corrected chi connectivity index (χ3v) is 1.46. The monoisotopic (exact) mass is 150 g/mol. The first kappa shape index (κ1) is 8.81. The summed E-state index contributed by atoms with van der Waals surface area (Å²) in [6, 6.07) is 0. The topological polar surface area (TPSA) is 35.5 Å². The van der Waals surface area contributed by atoms with Crippen molar-refractivity contribution in [3.8, 4) is 0 Å². The molecule has 0 saturated carbocycles. The summed E-state index contributed by atoms with van der Waals surface area (Å²) in [4.78, 5) is 0. The Morgan fingerprint density at radius 3 is 2.33 bits per heavy atom. The van der Waals surface area contributed by atoms with Crippen molar-refractivity contribution < 1.29 is 12.6 Å². The van der Waals surface area contributed by atoms with Crippen LogP contribution in [0, 0.1) is 0 Å². The first-order valence-electron chi connectivity index (χ1n) is 2.51. The largest absolute Gasteiger partial charge is 0.305 e. The average molecular weight is 150 g/mol. The van der Waals surface area contributed by atoms with Crippen molar-refractivity contribution in [1.29, 1.82) is 0 Å². The first-order chi connectivity index (χ1) is 4.29. The molecule has 0 aromatic carbocycles. The van der Waals surface area contributed by atoms with E-state index in [4.69, 9.17) is 0 Å². The van der Waals surface area contributed by atoms with Gasteiger partial charge in [-0.3, -0.25) is 8.37 Å². The van der Waals surface area contributed by atoms with Gasteiger partial charge >= 0.3 is 11.4 Å². The molecule has 3 nitrogen and oxygen atoms in total. The Balaban J connectivity index is 0.000000291. The normalized spacial score (nSPS) is 33.0. The van der Waals surface area contributed by atoms with E-state index in [0.717, 1.165) is 0 Å². The lowest BCUT2D eigenvalue weighted by Gasteiger charge is -1.88. The minimum atomic E-state index is -1.45. The highest BCUT2D eigenvalue weighted by Gasteiger charge is 2.17. The van der Waals surface area contributed by atoms with Crippen LogP contribution in [0.1, 0.15) is 6.92 Å². The summed E-state index contributed by atoms with van der Waals surface area (Å²) in [5.41, 5.74) is 0. The molecule has 1 saturated heterocycles. The quantitative estimate of drug-likeness (QED) is 0.479. The summed E-state index contributed by atoms with van der Waals surface area (Å²) in [5.74, 6) is 0. The Hall–Kier alpha value is -0.190. The summed E-state index contributed by atoms with van der Waals surface area (Å²) in [6.07, 6.45) is 0.000772. The van der Waals surface area contributed by atoms with Gasteiger partial charge in [-0.15, -0.1) is 13.2 Å². The molecule has 1 rings (SSSR count). The van der Waals surface area contributed by atoms with Crippen LogP contribution in [-0.4, -0.2) is 16.9 Å². The van der Waals surface area contributed by atoms with Gasteiger partial charge < -0.3 is 0 Å². The Kier molecular flexibility index (Phi) is 4.57. The van der Waals surface area contributed by atoms with Crippen molar-refractivity contribution in [3.05, 3.63) is 13.2 Å². The maximum Gasteiger partial charge on any atom is 0.305 e. The molecule has 9 heavy (non-hydrogen) atoms. The van der Waals surface area contributed by atoms with Gasteiger partial charge in [-0.1, -0.05) is 0 Å². The van der Waals surface area contributed by atoms with Gasteiger partial charge in [0.2, 0.25) is 0 Å². The SMILES string of the molecule is C=C.CC1COS(=O)O1. The molecule has 0 spiro atoms. The van der Waals surface area contributed by atoms with E-state index in [0.29, 0.717) is 6.61 Å². The summed E-state index contributed by atoms with van der Waals surface area (Å²) in [6.45, 7) is 8.26. The Morgan fingerprint density at radius 2 is 2.22 bits per heavy atom. The molecule has 1 aliphatic rings. The van der Waals surface area contributed by atoms with Gasteiger partial charge in [-0.05, 0) is 6.92 Å². The standard InChI is InChI=1S/C3H6O3S.C2H4/c1-3-2-5-7(4)6-3;1-2/h3H,2H2,1H3;1-2H2. The molecule has 1 fully saturated rings. The predicted octanol–water partition coefficient (Wildman–Crippen LogP) is 0.803. The molecule has 0 bridgehead atoms. The molecule has 54 valence electrons. The molecular weight excluding hydrogens is 140 g/mol.